The van der Waals surface area contributed by atoms with E-state index >= 15 is 0 Å². The van der Waals surface area contributed by atoms with Gasteiger partial charge in [0.05, 0.1) is 26.4 Å². The number of hydrogen-bond donors (Lipinski definition) is 0. The van der Waals surface area contributed by atoms with Crippen molar-refractivity contribution in [3.05, 3.63) is 0 Å². The van der Waals surface area contributed by atoms with Crippen LogP contribution in [0.5, 0.6) is 0 Å². The lowest BCUT2D eigenvalue weighted by molar-refractivity contribution is 0.194. The van der Waals surface area contributed by atoms with Crippen LogP contribution >= 0.6 is 8.25 Å². The van der Waals surface area contributed by atoms with Gasteiger partial charge in [-0.1, -0.05) is 0 Å². The Morgan fingerprint density at radius 2 is 1.58 bits per heavy atom. The first-order valence-corrected chi connectivity index (χ1v) is 5.10. The van der Waals surface area contributed by atoms with Crippen LogP contribution in [0.15, 0.2) is 0 Å². The third-order valence-corrected chi connectivity index (χ3v) is 2.38. The summed E-state index contributed by atoms with van der Waals surface area (Å²) in [6, 6.07) is 0. The van der Waals surface area contributed by atoms with Crippen LogP contribution in [-0.2, 0) is 23.1 Å². The average Bonchev–Trinajstić information content (AvgIpc) is 2.89. The molecule has 70 valence electrons. The molecule has 0 aromatic heterocycles. The van der Waals surface area contributed by atoms with E-state index in [1.807, 2.05) is 0 Å². The van der Waals surface area contributed by atoms with Crippen LogP contribution in [0.3, 0.4) is 0 Å². The van der Waals surface area contributed by atoms with Crippen molar-refractivity contribution in [2.24, 2.45) is 0 Å². The van der Waals surface area contributed by atoms with Crippen molar-refractivity contribution in [2.45, 2.75) is 12.2 Å². The van der Waals surface area contributed by atoms with Crippen LogP contribution in [0.4, 0.5) is 0 Å². The molecule has 2 rings (SSSR count). The van der Waals surface area contributed by atoms with Crippen LogP contribution in [-0.4, -0.2) is 38.6 Å². The third-order valence-electron chi connectivity index (χ3n) is 1.58. The molecule has 2 atom stereocenters. The van der Waals surface area contributed by atoms with Crippen molar-refractivity contribution in [1.82, 2.24) is 0 Å². The molecule has 2 heterocycles. The highest BCUT2D eigenvalue weighted by molar-refractivity contribution is 7.33. The second kappa shape index (κ2) is 3.85. The zero-order valence-electron chi connectivity index (χ0n) is 6.52. The Balaban J connectivity index is 1.50. The van der Waals surface area contributed by atoms with E-state index in [2.05, 4.69) is 0 Å². The maximum atomic E-state index is 10.9. The van der Waals surface area contributed by atoms with E-state index in [0.717, 1.165) is 0 Å². The van der Waals surface area contributed by atoms with Gasteiger partial charge in [-0.15, -0.1) is 0 Å². The van der Waals surface area contributed by atoms with Crippen molar-refractivity contribution >= 4 is 8.25 Å². The van der Waals surface area contributed by atoms with E-state index in [9.17, 15) is 4.57 Å². The predicted octanol–water partition coefficient (Wildman–Crippen LogP) is 0.207. The van der Waals surface area contributed by atoms with Crippen LogP contribution in [0, 0.1) is 0 Å². The van der Waals surface area contributed by atoms with E-state index in [1.54, 1.807) is 0 Å². The highest BCUT2D eigenvalue weighted by atomic mass is 31.1. The Bertz CT molecular complexity index is 159. The summed E-state index contributed by atoms with van der Waals surface area (Å²) < 4.78 is 30.5. The summed E-state index contributed by atoms with van der Waals surface area (Å²) in [5, 5.41) is 0. The second-order valence-electron chi connectivity index (χ2n) is 2.78. The zero-order chi connectivity index (χ0) is 8.39. The molecule has 12 heavy (non-hydrogen) atoms. The van der Waals surface area contributed by atoms with Gasteiger partial charge in [-0.2, -0.15) is 0 Å². The molecule has 6 heteroatoms. The fourth-order valence-corrected chi connectivity index (χ4v) is 1.42. The highest BCUT2D eigenvalue weighted by Gasteiger charge is 2.25. The molecule has 0 aromatic carbocycles. The standard InChI is InChI=1S/C6H11O5P/c7-12(10-3-5-1-8-5)11-4-6-2-9-6/h5-6,12H,1-4H2. The van der Waals surface area contributed by atoms with Gasteiger partial charge in [0.2, 0.25) is 0 Å². The molecule has 0 N–H and O–H groups in total. The summed E-state index contributed by atoms with van der Waals surface area (Å²) in [6.07, 6.45) is 0.277. The molecule has 0 saturated carbocycles. The molecule has 2 fully saturated rings. The largest absolute Gasteiger partial charge is 0.371 e. The lowest BCUT2D eigenvalue weighted by Gasteiger charge is -2.01. The third kappa shape index (κ3) is 3.21. The van der Waals surface area contributed by atoms with Gasteiger partial charge in [-0.3, -0.25) is 4.57 Å². The van der Waals surface area contributed by atoms with Gasteiger partial charge in [0.15, 0.2) is 0 Å². The fraction of sp³-hybridized carbons (Fsp3) is 1.00. The quantitative estimate of drug-likeness (QED) is 0.446. The molecular formula is C6H11O5P. The van der Waals surface area contributed by atoms with E-state index in [-0.39, 0.29) is 12.2 Å². The summed E-state index contributed by atoms with van der Waals surface area (Å²) >= 11 is 0. The van der Waals surface area contributed by atoms with Crippen molar-refractivity contribution in [2.75, 3.05) is 26.4 Å². The van der Waals surface area contributed by atoms with Crippen molar-refractivity contribution in [3.8, 4) is 0 Å². The number of rotatable bonds is 6. The summed E-state index contributed by atoms with van der Waals surface area (Å²) in [6.45, 7) is 2.18. The fourth-order valence-electron chi connectivity index (χ4n) is 0.692. The van der Waals surface area contributed by atoms with Gasteiger partial charge in [0, 0.05) is 0 Å². The average molecular weight is 194 g/mol. The second-order valence-corrected chi connectivity index (χ2v) is 3.86. The van der Waals surface area contributed by atoms with Crippen LogP contribution in [0.25, 0.3) is 0 Å². The predicted molar refractivity (Wildman–Crippen MR) is 40.4 cm³/mol. The van der Waals surface area contributed by atoms with E-state index < -0.39 is 8.25 Å². The van der Waals surface area contributed by atoms with Gasteiger partial charge >= 0.3 is 8.25 Å². The lowest BCUT2D eigenvalue weighted by Crippen LogP contribution is -1.99. The van der Waals surface area contributed by atoms with Gasteiger partial charge in [0.25, 0.3) is 0 Å². The van der Waals surface area contributed by atoms with Crippen LogP contribution < -0.4 is 0 Å². The number of hydrogen-bond acceptors (Lipinski definition) is 5. The first kappa shape index (κ1) is 8.66. The maximum absolute atomic E-state index is 10.9. The molecule has 0 bridgehead atoms. The van der Waals surface area contributed by atoms with Gasteiger partial charge < -0.3 is 18.5 Å². The molecular weight excluding hydrogens is 183 g/mol. The molecule has 2 aliphatic heterocycles. The Morgan fingerprint density at radius 3 is 1.92 bits per heavy atom. The molecule has 0 radical (unpaired) electrons. The monoisotopic (exact) mass is 194 g/mol. The van der Waals surface area contributed by atoms with Crippen molar-refractivity contribution in [1.29, 1.82) is 0 Å². The first-order chi connectivity index (χ1) is 5.84. The number of ether oxygens (including phenoxy) is 2. The summed E-state index contributed by atoms with van der Waals surface area (Å²) in [7, 11) is -2.31. The lowest BCUT2D eigenvalue weighted by atomic mass is 10.5. The zero-order valence-corrected chi connectivity index (χ0v) is 7.52. The summed E-state index contributed by atoms with van der Waals surface area (Å²) in [5.41, 5.74) is 0. The Kier molecular flexibility index (Phi) is 2.78. The minimum absolute atomic E-state index is 0.139. The normalized spacial score (nSPS) is 34.7. The summed E-state index contributed by atoms with van der Waals surface area (Å²) in [5.74, 6) is 0. The Morgan fingerprint density at radius 1 is 1.17 bits per heavy atom. The molecule has 2 saturated heterocycles. The van der Waals surface area contributed by atoms with Gasteiger partial charge in [0.1, 0.15) is 12.2 Å². The SMILES string of the molecule is O=[PH](OCC1CO1)OCC1CO1. The van der Waals surface area contributed by atoms with Gasteiger partial charge in [-0.05, 0) is 0 Å². The van der Waals surface area contributed by atoms with Crippen LogP contribution in [0.1, 0.15) is 0 Å². The molecule has 2 unspecified atom stereocenters. The molecule has 5 nitrogen and oxygen atoms in total. The van der Waals surface area contributed by atoms with Crippen LogP contribution in [0.2, 0.25) is 0 Å². The van der Waals surface area contributed by atoms with E-state index in [0.29, 0.717) is 26.4 Å². The topological polar surface area (TPSA) is 60.6 Å². The van der Waals surface area contributed by atoms with Crippen molar-refractivity contribution < 1.29 is 23.1 Å². The smallest absolute Gasteiger partial charge is 0.319 e. The molecule has 0 amide bonds. The number of epoxide rings is 2. The Hall–Kier alpha value is 0.0700. The minimum Gasteiger partial charge on any atom is -0.371 e. The molecule has 0 spiro atoms. The van der Waals surface area contributed by atoms with Crippen molar-refractivity contribution in [3.63, 3.8) is 0 Å². The molecule has 0 aliphatic carbocycles. The molecule has 0 aromatic rings. The first-order valence-electron chi connectivity index (χ1n) is 3.87. The highest BCUT2D eigenvalue weighted by Crippen LogP contribution is 2.27. The van der Waals surface area contributed by atoms with E-state index in [1.165, 1.54) is 0 Å². The van der Waals surface area contributed by atoms with Gasteiger partial charge in [-0.25, -0.2) is 0 Å². The minimum atomic E-state index is -2.31. The van der Waals surface area contributed by atoms with E-state index in [4.69, 9.17) is 18.5 Å². The Labute approximate surface area is 70.9 Å². The molecule has 2 aliphatic rings. The summed E-state index contributed by atoms with van der Waals surface area (Å²) in [4.78, 5) is 0. The maximum Gasteiger partial charge on any atom is 0.319 e.